The number of hydrogen-bond donors (Lipinski definition) is 4. The molecule has 2 amide bonds. The van der Waals surface area contributed by atoms with Gasteiger partial charge in [0.1, 0.15) is 18.7 Å². The number of amides is 2. The van der Waals surface area contributed by atoms with E-state index in [1.54, 1.807) is 30.3 Å². The highest BCUT2D eigenvalue weighted by molar-refractivity contribution is 5.89. The Morgan fingerprint density at radius 2 is 1.88 bits per heavy atom. The predicted octanol–water partition coefficient (Wildman–Crippen LogP) is 0.535. The van der Waals surface area contributed by atoms with Gasteiger partial charge in [-0.3, -0.25) is 4.79 Å². The summed E-state index contributed by atoms with van der Waals surface area (Å²) in [6.07, 6.45) is -2.38. The van der Waals surface area contributed by atoms with Crippen molar-refractivity contribution in [1.29, 1.82) is 5.26 Å². The maximum Gasteiger partial charge on any atom is 0.408 e. The second kappa shape index (κ2) is 10.7. The summed E-state index contributed by atoms with van der Waals surface area (Å²) in [6.45, 7) is 1.24. The number of carbonyl (C=O) groups excluding carboxylic acids is 2. The van der Waals surface area contributed by atoms with Gasteiger partial charge in [-0.05, 0) is 18.9 Å². The zero-order valence-corrected chi connectivity index (χ0v) is 14.2. The first-order valence-corrected chi connectivity index (χ1v) is 7.90. The van der Waals surface area contributed by atoms with Crippen LogP contribution in [0.15, 0.2) is 30.3 Å². The van der Waals surface area contributed by atoms with Gasteiger partial charge >= 0.3 is 12.1 Å². The highest BCUT2D eigenvalue weighted by atomic mass is 16.5. The first-order chi connectivity index (χ1) is 12.3. The summed E-state index contributed by atoms with van der Waals surface area (Å²) in [4.78, 5) is 35.1. The molecule has 140 valence electrons. The Balaban J connectivity index is 2.63. The molecule has 0 heterocycles. The van der Waals surface area contributed by atoms with Crippen LogP contribution in [-0.4, -0.2) is 46.4 Å². The summed E-state index contributed by atoms with van der Waals surface area (Å²) in [5, 5.41) is 31.7. The van der Waals surface area contributed by atoms with E-state index in [1.165, 1.54) is 6.92 Å². The lowest BCUT2D eigenvalue weighted by Gasteiger charge is -2.22. The van der Waals surface area contributed by atoms with E-state index in [9.17, 15) is 19.5 Å². The van der Waals surface area contributed by atoms with Crippen LogP contribution >= 0.6 is 0 Å². The van der Waals surface area contributed by atoms with Gasteiger partial charge in [0.2, 0.25) is 5.91 Å². The largest absolute Gasteiger partial charge is 0.480 e. The predicted molar refractivity (Wildman–Crippen MR) is 89.6 cm³/mol. The molecule has 1 aromatic rings. The van der Waals surface area contributed by atoms with Crippen molar-refractivity contribution in [2.45, 2.75) is 44.6 Å². The Bertz CT molecular complexity index is 656. The second-order valence-electron chi connectivity index (χ2n) is 5.52. The minimum absolute atomic E-state index is 0.0270. The van der Waals surface area contributed by atoms with Crippen molar-refractivity contribution in [1.82, 2.24) is 10.6 Å². The molecule has 9 nitrogen and oxygen atoms in total. The van der Waals surface area contributed by atoms with Gasteiger partial charge in [0, 0.05) is 6.42 Å². The fraction of sp³-hybridized carbons (Fsp3) is 0.412. The van der Waals surface area contributed by atoms with Crippen LogP contribution in [0.25, 0.3) is 0 Å². The van der Waals surface area contributed by atoms with Crippen LogP contribution in [0.3, 0.4) is 0 Å². The molecule has 0 saturated heterocycles. The summed E-state index contributed by atoms with van der Waals surface area (Å²) in [6, 6.07) is 7.94. The molecule has 4 N–H and O–H groups in total. The van der Waals surface area contributed by atoms with Crippen LogP contribution in [0.4, 0.5) is 4.79 Å². The van der Waals surface area contributed by atoms with Gasteiger partial charge in [0.15, 0.2) is 0 Å². The number of aliphatic hydroxyl groups is 1. The van der Waals surface area contributed by atoms with Gasteiger partial charge in [-0.15, -0.1) is 0 Å². The van der Waals surface area contributed by atoms with E-state index in [-0.39, 0.29) is 19.4 Å². The van der Waals surface area contributed by atoms with Crippen molar-refractivity contribution in [3.05, 3.63) is 35.9 Å². The number of aliphatic hydroxyl groups excluding tert-OH is 1. The number of ether oxygens (including phenoxy) is 1. The maximum atomic E-state index is 12.2. The van der Waals surface area contributed by atoms with Gasteiger partial charge in [0.05, 0.1) is 12.2 Å². The molecule has 0 aliphatic heterocycles. The zero-order valence-electron chi connectivity index (χ0n) is 14.2. The lowest BCUT2D eigenvalue weighted by atomic mass is 10.1. The van der Waals surface area contributed by atoms with Crippen molar-refractivity contribution < 1.29 is 29.3 Å². The SMILES string of the molecule is C[C@@H](O)[C@H](NC(=O)OCc1ccccc1)C(=O)N[C@@H](CCC#N)C(=O)O. The molecule has 1 aromatic carbocycles. The van der Waals surface area contributed by atoms with Crippen LogP contribution < -0.4 is 10.6 Å². The molecule has 0 aliphatic rings. The lowest BCUT2D eigenvalue weighted by molar-refractivity contribution is -0.142. The molecule has 0 unspecified atom stereocenters. The standard InChI is InChI=1S/C17H21N3O6/c1-11(21)14(15(22)19-13(16(23)24)8-5-9-18)20-17(25)26-10-12-6-3-2-4-7-12/h2-4,6-7,11,13-14,21H,5,8,10H2,1H3,(H,19,22)(H,20,25)(H,23,24)/t11-,13+,14+/m1/s1. The lowest BCUT2D eigenvalue weighted by Crippen LogP contribution is -2.55. The third-order valence-corrected chi connectivity index (χ3v) is 3.41. The van der Waals surface area contributed by atoms with E-state index in [1.807, 2.05) is 6.07 Å². The summed E-state index contributed by atoms with van der Waals surface area (Å²) >= 11 is 0. The number of nitriles is 1. The fourth-order valence-corrected chi connectivity index (χ4v) is 2.02. The van der Waals surface area contributed by atoms with Gasteiger partial charge in [-0.1, -0.05) is 30.3 Å². The number of carbonyl (C=O) groups is 3. The third kappa shape index (κ3) is 7.19. The van der Waals surface area contributed by atoms with Crippen LogP contribution in [0.2, 0.25) is 0 Å². The van der Waals surface area contributed by atoms with E-state index in [2.05, 4.69) is 10.6 Å². The number of alkyl carbamates (subject to hydrolysis) is 1. The molecule has 0 spiro atoms. The quantitative estimate of drug-likeness (QED) is 0.500. The van der Waals surface area contributed by atoms with E-state index in [0.29, 0.717) is 0 Å². The molecule has 0 aliphatic carbocycles. The van der Waals surface area contributed by atoms with Crippen molar-refractivity contribution in [3.63, 3.8) is 0 Å². The average molecular weight is 363 g/mol. The van der Waals surface area contributed by atoms with Crippen LogP contribution in [-0.2, 0) is 20.9 Å². The normalized spacial score (nSPS) is 13.6. The van der Waals surface area contributed by atoms with Crippen molar-refractivity contribution in [2.24, 2.45) is 0 Å². The third-order valence-electron chi connectivity index (χ3n) is 3.41. The monoisotopic (exact) mass is 363 g/mol. The number of aliphatic carboxylic acids is 1. The first-order valence-electron chi connectivity index (χ1n) is 7.90. The maximum absolute atomic E-state index is 12.2. The number of nitrogens with one attached hydrogen (secondary N) is 2. The molecule has 3 atom stereocenters. The van der Waals surface area contributed by atoms with Gasteiger partial charge in [-0.2, -0.15) is 5.26 Å². The first kappa shape index (κ1) is 20.9. The molecule has 26 heavy (non-hydrogen) atoms. The molecular formula is C17H21N3O6. The molecule has 0 radical (unpaired) electrons. The molecular weight excluding hydrogens is 342 g/mol. The van der Waals surface area contributed by atoms with Gasteiger partial charge < -0.3 is 25.6 Å². The van der Waals surface area contributed by atoms with E-state index in [4.69, 9.17) is 15.1 Å². The Morgan fingerprint density at radius 3 is 2.42 bits per heavy atom. The summed E-state index contributed by atoms with van der Waals surface area (Å²) < 4.78 is 4.98. The summed E-state index contributed by atoms with van der Waals surface area (Å²) in [5.41, 5.74) is 0.739. The highest BCUT2D eigenvalue weighted by Crippen LogP contribution is 2.03. The van der Waals surface area contributed by atoms with Gasteiger partial charge in [-0.25, -0.2) is 9.59 Å². The molecule has 9 heteroatoms. The fourth-order valence-electron chi connectivity index (χ4n) is 2.02. The molecule has 0 saturated carbocycles. The number of carboxylic acids is 1. The Hall–Kier alpha value is -3.12. The van der Waals surface area contributed by atoms with E-state index < -0.39 is 36.2 Å². The topological polar surface area (TPSA) is 149 Å². The van der Waals surface area contributed by atoms with E-state index >= 15 is 0 Å². The number of carboxylic acid groups (broad SMARTS) is 1. The smallest absolute Gasteiger partial charge is 0.408 e. The summed E-state index contributed by atoms with van der Waals surface area (Å²) in [5.74, 6) is -2.20. The Kier molecular flexibility index (Phi) is 8.60. The van der Waals surface area contributed by atoms with Crippen molar-refractivity contribution in [2.75, 3.05) is 0 Å². The Morgan fingerprint density at radius 1 is 1.23 bits per heavy atom. The summed E-state index contributed by atoms with van der Waals surface area (Å²) in [7, 11) is 0. The van der Waals surface area contributed by atoms with Crippen LogP contribution in [0.5, 0.6) is 0 Å². The molecule has 1 rings (SSSR count). The number of hydrogen-bond acceptors (Lipinski definition) is 6. The minimum atomic E-state index is -1.40. The molecule has 0 fully saturated rings. The second-order valence-corrected chi connectivity index (χ2v) is 5.52. The van der Waals surface area contributed by atoms with Crippen molar-refractivity contribution >= 4 is 18.0 Å². The van der Waals surface area contributed by atoms with Crippen LogP contribution in [0, 0.1) is 11.3 Å². The number of rotatable bonds is 9. The Labute approximate surface area is 150 Å². The molecule has 0 bridgehead atoms. The van der Waals surface area contributed by atoms with E-state index in [0.717, 1.165) is 5.56 Å². The minimum Gasteiger partial charge on any atom is -0.480 e. The zero-order chi connectivity index (χ0) is 19.5. The number of nitrogens with zero attached hydrogens (tertiary/aromatic N) is 1. The molecule has 0 aromatic heterocycles. The van der Waals surface area contributed by atoms with Crippen LogP contribution in [0.1, 0.15) is 25.3 Å². The van der Waals surface area contributed by atoms with Crippen molar-refractivity contribution in [3.8, 4) is 6.07 Å². The average Bonchev–Trinajstić information content (AvgIpc) is 2.61. The number of benzene rings is 1. The highest BCUT2D eigenvalue weighted by Gasteiger charge is 2.30. The van der Waals surface area contributed by atoms with Gasteiger partial charge in [0.25, 0.3) is 0 Å².